The predicted octanol–water partition coefficient (Wildman–Crippen LogP) is 4.87. The van der Waals surface area contributed by atoms with Gasteiger partial charge in [-0.15, -0.1) is 0 Å². The minimum Gasteiger partial charge on any atom is -0.497 e. The van der Waals surface area contributed by atoms with E-state index in [9.17, 15) is 14.4 Å². The van der Waals surface area contributed by atoms with Gasteiger partial charge in [0.05, 0.1) is 19.3 Å². The zero-order chi connectivity index (χ0) is 23.6. The molecule has 3 aromatic carbocycles. The van der Waals surface area contributed by atoms with Crippen molar-refractivity contribution in [3.8, 4) is 5.75 Å². The number of ether oxygens (including phenoxy) is 3. The van der Waals surface area contributed by atoms with Crippen LogP contribution in [0.25, 0.3) is 0 Å². The molecule has 0 aliphatic heterocycles. The Bertz CT molecular complexity index is 1110. The SMILES string of the molecule is CCOC(=O)Nc1cccc(C(=O)OCc2ccc(C(=O)Nc3ccc(OC)cc3)cc2)c1. The second-order valence-corrected chi connectivity index (χ2v) is 6.88. The topological polar surface area (TPSA) is 103 Å². The predicted molar refractivity (Wildman–Crippen MR) is 124 cm³/mol. The van der Waals surface area contributed by atoms with Gasteiger partial charge in [0.25, 0.3) is 5.91 Å². The van der Waals surface area contributed by atoms with Crippen molar-refractivity contribution in [2.45, 2.75) is 13.5 Å². The fourth-order valence-electron chi connectivity index (χ4n) is 2.87. The number of rotatable bonds is 8. The monoisotopic (exact) mass is 448 g/mol. The number of carbonyl (C=O) groups excluding carboxylic acids is 3. The first-order chi connectivity index (χ1) is 16.0. The van der Waals surface area contributed by atoms with E-state index >= 15 is 0 Å². The van der Waals surface area contributed by atoms with Crippen LogP contribution in [0.3, 0.4) is 0 Å². The number of hydrogen-bond donors (Lipinski definition) is 2. The first kappa shape index (κ1) is 23.3. The molecule has 0 atom stereocenters. The highest BCUT2D eigenvalue weighted by Gasteiger charge is 2.11. The number of carbonyl (C=O) groups is 3. The third-order valence-corrected chi connectivity index (χ3v) is 4.55. The Morgan fingerprint density at radius 2 is 1.52 bits per heavy atom. The minimum absolute atomic E-state index is 0.0365. The molecule has 3 rings (SSSR count). The molecule has 2 amide bonds. The first-order valence-electron chi connectivity index (χ1n) is 10.2. The summed E-state index contributed by atoms with van der Waals surface area (Å²) in [4.78, 5) is 36.3. The smallest absolute Gasteiger partial charge is 0.411 e. The van der Waals surface area contributed by atoms with Gasteiger partial charge in [-0.1, -0.05) is 18.2 Å². The molecule has 0 spiro atoms. The number of benzene rings is 3. The Labute approximate surface area is 191 Å². The molecule has 0 aliphatic rings. The van der Waals surface area contributed by atoms with E-state index in [1.165, 1.54) is 6.07 Å². The maximum absolute atomic E-state index is 12.4. The third-order valence-electron chi connectivity index (χ3n) is 4.55. The summed E-state index contributed by atoms with van der Waals surface area (Å²) in [5, 5.41) is 5.35. The van der Waals surface area contributed by atoms with Crippen LogP contribution in [0.2, 0.25) is 0 Å². The molecule has 33 heavy (non-hydrogen) atoms. The van der Waals surface area contributed by atoms with Gasteiger partial charge in [-0.05, 0) is 67.1 Å². The molecule has 0 radical (unpaired) electrons. The molecule has 8 heteroatoms. The Morgan fingerprint density at radius 1 is 0.788 bits per heavy atom. The second-order valence-electron chi connectivity index (χ2n) is 6.88. The molecule has 170 valence electrons. The Morgan fingerprint density at radius 3 is 2.18 bits per heavy atom. The molecule has 0 saturated carbocycles. The van der Waals surface area contributed by atoms with E-state index in [0.717, 1.165) is 5.56 Å². The van der Waals surface area contributed by atoms with Crippen LogP contribution < -0.4 is 15.4 Å². The van der Waals surface area contributed by atoms with Gasteiger partial charge in [0.15, 0.2) is 0 Å². The summed E-state index contributed by atoms with van der Waals surface area (Å²) >= 11 is 0. The summed E-state index contributed by atoms with van der Waals surface area (Å²) < 4.78 is 15.3. The molecule has 0 aliphatic carbocycles. The Hall–Kier alpha value is -4.33. The van der Waals surface area contributed by atoms with Crippen LogP contribution in [0.1, 0.15) is 33.2 Å². The van der Waals surface area contributed by atoms with Crippen LogP contribution in [0, 0.1) is 0 Å². The Kier molecular flexibility index (Phi) is 8.02. The summed E-state index contributed by atoms with van der Waals surface area (Å²) in [7, 11) is 1.58. The van der Waals surface area contributed by atoms with Crippen molar-refractivity contribution in [3.63, 3.8) is 0 Å². The van der Waals surface area contributed by atoms with Gasteiger partial charge in [0.2, 0.25) is 0 Å². The van der Waals surface area contributed by atoms with E-state index < -0.39 is 12.1 Å². The fraction of sp³-hybridized carbons (Fsp3) is 0.160. The molecular weight excluding hydrogens is 424 g/mol. The average Bonchev–Trinajstić information content (AvgIpc) is 2.83. The van der Waals surface area contributed by atoms with E-state index in [2.05, 4.69) is 10.6 Å². The molecule has 8 nitrogen and oxygen atoms in total. The maximum atomic E-state index is 12.4. The van der Waals surface area contributed by atoms with Crippen molar-refractivity contribution in [2.24, 2.45) is 0 Å². The fourth-order valence-corrected chi connectivity index (χ4v) is 2.87. The molecule has 0 aromatic heterocycles. The van der Waals surface area contributed by atoms with Gasteiger partial charge >= 0.3 is 12.1 Å². The van der Waals surface area contributed by atoms with Crippen molar-refractivity contribution in [1.29, 1.82) is 0 Å². The van der Waals surface area contributed by atoms with Crippen molar-refractivity contribution < 1.29 is 28.6 Å². The lowest BCUT2D eigenvalue weighted by molar-refractivity contribution is 0.0472. The second kappa shape index (κ2) is 11.3. The number of amides is 2. The quantitative estimate of drug-likeness (QED) is 0.477. The highest BCUT2D eigenvalue weighted by atomic mass is 16.5. The van der Waals surface area contributed by atoms with Gasteiger partial charge < -0.3 is 19.5 Å². The summed E-state index contributed by atoms with van der Waals surface area (Å²) in [5.74, 6) is -0.0904. The van der Waals surface area contributed by atoms with Crippen LogP contribution in [-0.2, 0) is 16.1 Å². The Balaban J connectivity index is 1.54. The van der Waals surface area contributed by atoms with Crippen LogP contribution in [-0.4, -0.2) is 31.7 Å². The van der Waals surface area contributed by atoms with Gasteiger partial charge in [-0.2, -0.15) is 0 Å². The van der Waals surface area contributed by atoms with Gasteiger partial charge in [0, 0.05) is 16.9 Å². The van der Waals surface area contributed by atoms with Crippen molar-refractivity contribution in [2.75, 3.05) is 24.4 Å². The normalized spacial score (nSPS) is 10.1. The van der Waals surface area contributed by atoms with Crippen LogP contribution in [0.4, 0.5) is 16.2 Å². The van der Waals surface area contributed by atoms with E-state index in [1.54, 1.807) is 80.8 Å². The number of nitrogens with one attached hydrogen (secondary N) is 2. The lowest BCUT2D eigenvalue weighted by Crippen LogP contribution is -2.14. The number of hydrogen-bond acceptors (Lipinski definition) is 6. The first-order valence-corrected chi connectivity index (χ1v) is 10.2. The number of esters is 1. The maximum Gasteiger partial charge on any atom is 0.411 e. The molecular formula is C25H24N2O6. The lowest BCUT2D eigenvalue weighted by atomic mass is 10.1. The van der Waals surface area contributed by atoms with E-state index in [-0.39, 0.29) is 19.1 Å². The zero-order valence-electron chi connectivity index (χ0n) is 18.3. The molecule has 0 bridgehead atoms. The average molecular weight is 448 g/mol. The minimum atomic E-state index is -0.598. The van der Waals surface area contributed by atoms with Crippen molar-refractivity contribution in [1.82, 2.24) is 0 Å². The molecule has 0 unspecified atom stereocenters. The largest absolute Gasteiger partial charge is 0.497 e. The zero-order valence-corrected chi connectivity index (χ0v) is 18.3. The number of anilines is 2. The summed E-state index contributed by atoms with van der Waals surface area (Å²) in [6, 6.07) is 20.1. The highest BCUT2D eigenvalue weighted by Crippen LogP contribution is 2.17. The van der Waals surface area contributed by atoms with Crippen LogP contribution in [0.15, 0.2) is 72.8 Å². The molecule has 3 aromatic rings. The standard InChI is InChI=1S/C25H24N2O6/c1-3-32-25(30)27-21-6-4-5-19(15-21)24(29)33-16-17-7-9-18(10-8-17)23(28)26-20-11-13-22(31-2)14-12-20/h4-15H,3,16H2,1-2H3,(H,26,28)(H,27,30). The van der Waals surface area contributed by atoms with Gasteiger partial charge in [-0.3, -0.25) is 10.1 Å². The van der Waals surface area contributed by atoms with Crippen LogP contribution in [0.5, 0.6) is 5.75 Å². The van der Waals surface area contributed by atoms with E-state index in [4.69, 9.17) is 14.2 Å². The summed E-state index contributed by atoms with van der Waals surface area (Å²) in [6.07, 6.45) is -0.598. The van der Waals surface area contributed by atoms with Crippen molar-refractivity contribution in [3.05, 3.63) is 89.5 Å². The summed E-state index contributed by atoms with van der Waals surface area (Å²) in [6.45, 7) is 1.98. The molecule has 0 saturated heterocycles. The summed E-state index contributed by atoms with van der Waals surface area (Å²) in [5.41, 5.74) is 2.57. The van der Waals surface area contributed by atoms with Gasteiger partial charge in [-0.25, -0.2) is 9.59 Å². The highest BCUT2D eigenvalue weighted by molar-refractivity contribution is 6.04. The lowest BCUT2D eigenvalue weighted by Gasteiger charge is -2.09. The van der Waals surface area contributed by atoms with Crippen molar-refractivity contribution >= 4 is 29.3 Å². The van der Waals surface area contributed by atoms with E-state index in [0.29, 0.717) is 28.3 Å². The van der Waals surface area contributed by atoms with Gasteiger partial charge in [0.1, 0.15) is 12.4 Å². The van der Waals surface area contributed by atoms with E-state index in [1.807, 2.05) is 0 Å². The molecule has 0 fully saturated rings. The number of methoxy groups -OCH3 is 1. The molecule has 2 N–H and O–H groups in total. The third kappa shape index (κ3) is 6.83. The van der Waals surface area contributed by atoms with Crippen LogP contribution >= 0.6 is 0 Å². The molecule has 0 heterocycles.